The van der Waals surface area contributed by atoms with E-state index in [-0.39, 0.29) is 135 Å². The molecule has 4 aliphatic rings. The van der Waals surface area contributed by atoms with Crippen LogP contribution in [0.4, 0.5) is 61.4 Å². The number of aromatic nitrogens is 12. The number of halogens is 10. The molecule has 718 valence electrons. The fourth-order valence-electron chi connectivity index (χ4n) is 17.6. The summed E-state index contributed by atoms with van der Waals surface area (Å²) in [5.41, 5.74) is 12.9. The number of anilines is 3. The molecule has 0 saturated carbocycles. The number of amides is 3. The SMILES string of the molecule is CC(C)c1nccc(CCCO)c1-n1c(=O)nc(N2CCCC[C@@H]2C)c2cc(F)c(-c3c(F)cccc3C(N)=O)nc21.CC(C)c1nccc2c1-n1c(=O)nc(N3CCCC[C@@H]3C)c3cc(F)c(nc31)-c1c(F)cccc1C(=O)NCCC2.CCCCc1ccnc(C(C)C)c1-n1c(=O)nc(N2CCCC[C@@H]2C)c2cc(F)c(-c3c(F)cccc3C(N)=O)nc21.O=CC(F)(F)F.[2H]CC.[2H]CF.[H-].[Na+]. The summed E-state index contributed by atoms with van der Waals surface area (Å²) in [4.78, 5) is 136. The number of nitrogens with one attached hydrogen (secondary N) is 1. The maximum absolute atomic E-state index is 16.1. The number of aldehydes is 1. The number of carbonyl (C=O) groups is 4. The molecular weight excluding hydrogens is 1780 g/mol. The molecule has 37 heteroatoms. The van der Waals surface area contributed by atoms with Gasteiger partial charge in [0.1, 0.15) is 52.0 Å². The number of pyridine rings is 6. The molecular formula is C99H113F10N18NaO8. The Balaban J connectivity index is 0.000000218. The molecule has 12 aromatic rings. The standard InChI is InChI=1S/C32H36F2N6O2.C31H34F2N6O3.C31H32F2N6O2.C2HF3O.C2H6.CH3F.Na.H/c1-5-6-11-20-14-15-36-26(18(2)3)28(20)40-31-22(30(38-32(40)42)39-16-8-7-10-19(39)4)17-24(34)27(37-31)25-21(29(35)41)12-9-13-23(25)33;1-17(2)25-27(19(9-7-15-40)12-13-35-25)39-30-21(29(37-31(39)42)38-14-5-4-8-18(38)3)16-23(33)26(36-30)24-20(28(34)41)10-6-11-22(24)32;1-17(2)25-27-19(12-14-34-25)9-7-13-35-30(40)20-10-6-11-22(32)24(20)26-23(33)16-21-28(38-15-5-4-8-18(38)3)37-31(41)39(27)29(21)36-26;3-2(4,5)1-6;2*1-2;;/h9,12-15,17-19H,5-8,10-11,16H2,1-4H3,(H2,35,41);6,10-13,16-18,40H,4-5,7-9,14-15H2,1-3H3,(H2,34,41);6,10-12,14,16-18H,4-5,7-9,13,15H2,1-3H3,(H,35,40);1H;1-2H3;1H3;;/q;;;;;;+1;-1/t19-;2*18-;;;;;/m000...../s1/i;;;;2*1D;;. The number of hydrogen-bond donors (Lipinski definition) is 4. The number of nitrogens with two attached hydrogens (primary N) is 2. The van der Waals surface area contributed by atoms with Gasteiger partial charge in [-0.15, -0.1) is 0 Å². The van der Waals surface area contributed by atoms with Crippen molar-refractivity contribution in [3.8, 4) is 50.8 Å². The van der Waals surface area contributed by atoms with Crippen molar-refractivity contribution in [2.45, 2.75) is 228 Å². The van der Waals surface area contributed by atoms with E-state index >= 15 is 26.3 Å². The summed E-state index contributed by atoms with van der Waals surface area (Å²) in [6, 6.07) is 20.9. The minimum atomic E-state index is -4.64. The number of nitrogens with zero attached hydrogens (tertiary/aromatic N) is 15. The van der Waals surface area contributed by atoms with Crippen molar-refractivity contribution in [1.82, 2.24) is 63.9 Å². The van der Waals surface area contributed by atoms with Crippen molar-refractivity contribution in [1.29, 1.82) is 0 Å². The number of fused-ring (bicyclic) bond motifs is 7. The predicted octanol–water partition coefficient (Wildman–Crippen LogP) is 15.5. The second kappa shape index (κ2) is 47.0. The first-order chi connectivity index (χ1) is 65.4. The van der Waals surface area contributed by atoms with Crippen LogP contribution in [0.3, 0.4) is 0 Å². The molecule has 6 N–H and O–H groups in total. The van der Waals surface area contributed by atoms with Gasteiger partial charge in [0.2, 0.25) is 18.1 Å². The smallest absolute Gasteiger partial charge is 1.00 e. The van der Waals surface area contributed by atoms with Crippen molar-refractivity contribution in [2.75, 3.05) is 54.6 Å². The number of carbonyl (C=O) groups excluding carboxylic acids is 4. The molecule has 136 heavy (non-hydrogen) atoms. The van der Waals surface area contributed by atoms with E-state index in [1.54, 1.807) is 31.6 Å². The van der Waals surface area contributed by atoms with E-state index in [9.17, 15) is 51.4 Å². The second-order valence-electron chi connectivity index (χ2n) is 34.1. The Bertz CT molecular complexity index is 6380. The summed E-state index contributed by atoms with van der Waals surface area (Å²) >= 11 is 0. The number of aliphatic hydroxyl groups is 1. The summed E-state index contributed by atoms with van der Waals surface area (Å²) in [5.74, 6) is -6.67. The zero-order chi connectivity index (χ0) is 99.7. The van der Waals surface area contributed by atoms with Gasteiger partial charge in [0.15, 0.2) is 34.4 Å². The zero-order valence-electron chi connectivity index (χ0n) is 81.1. The molecule has 2 bridgehead atoms. The maximum Gasteiger partial charge on any atom is 1.00 e. The number of hydrogen-bond acceptors (Lipinski definition) is 20. The predicted molar refractivity (Wildman–Crippen MR) is 502 cm³/mol. The molecule has 0 radical (unpaired) electrons. The van der Waals surface area contributed by atoms with Gasteiger partial charge in [-0.2, -0.15) is 28.1 Å². The van der Waals surface area contributed by atoms with Gasteiger partial charge in [-0.25, -0.2) is 69.4 Å². The first kappa shape index (κ1) is 103. The molecule has 0 aliphatic carbocycles. The van der Waals surface area contributed by atoms with Crippen LogP contribution in [0.5, 0.6) is 0 Å². The molecule has 0 unspecified atom stereocenters. The van der Waals surface area contributed by atoms with Crippen LogP contribution in [0.2, 0.25) is 0 Å². The molecule has 3 atom stereocenters. The van der Waals surface area contributed by atoms with Gasteiger partial charge >= 0.3 is 52.8 Å². The summed E-state index contributed by atoms with van der Waals surface area (Å²) in [5, 5.41) is 13.3. The van der Waals surface area contributed by atoms with Crippen LogP contribution in [0.25, 0.3) is 83.9 Å². The molecule has 9 aromatic heterocycles. The quantitative estimate of drug-likeness (QED) is 0.0352. The third-order valence-corrected chi connectivity index (χ3v) is 24.0. The first-order valence-electron chi connectivity index (χ1n) is 46.5. The molecule has 0 spiro atoms. The second-order valence-corrected chi connectivity index (χ2v) is 34.1. The van der Waals surface area contributed by atoms with E-state index in [1.165, 1.54) is 74.4 Å². The first-order valence-corrected chi connectivity index (χ1v) is 45.1. The molecule has 3 fully saturated rings. The normalized spacial score (nSPS) is 15.6. The number of unbranched alkanes of at least 4 members (excludes halogenated alkanes) is 1. The number of primary amides is 2. The van der Waals surface area contributed by atoms with E-state index in [4.69, 9.17) is 19.0 Å². The maximum atomic E-state index is 16.1. The largest absolute Gasteiger partial charge is 1.00 e. The monoisotopic (exact) mass is 1900 g/mol. The van der Waals surface area contributed by atoms with E-state index in [1.807, 2.05) is 75.3 Å². The van der Waals surface area contributed by atoms with Gasteiger partial charge in [-0.05, 0) is 224 Å². The van der Waals surface area contributed by atoms with E-state index in [2.05, 4.69) is 70.9 Å². The van der Waals surface area contributed by atoms with Gasteiger partial charge in [0.25, 0.3) is 5.91 Å². The van der Waals surface area contributed by atoms with E-state index in [0.29, 0.717) is 128 Å². The molecule has 26 nitrogen and oxygen atoms in total. The zero-order valence-corrected chi connectivity index (χ0v) is 80.1. The molecule has 4 aliphatic heterocycles. The summed E-state index contributed by atoms with van der Waals surface area (Å²) in [6.07, 6.45) is 12.3. The van der Waals surface area contributed by atoms with Gasteiger partial charge in [0, 0.05) is 70.9 Å². The fourth-order valence-corrected chi connectivity index (χ4v) is 17.6. The number of rotatable bonds is 18. The van der Waals surface area contributed by atoms with Crippen LogP contribution >= 0.6 is 0 Å². The van der Waals surface area contributed by atoms with Crippen molar-refractivity contribution in [3.05, 3.63) is 226 Å². The third-order valence-electron chi connectivity index (χ3n) is 24.0. The van der Waals surface area contributed by atoms with E-state index in [0.717, 1.165) is 99.5 Å². The van der Waals surface area contributed by atoms with E-state index < -0.39 is 101 Å². The minimum Gasteiger partial charge on any atom is -1.00 e. The number of aliphatic hydroxyl groups excluding tert-OH is 1. The average molecular weight is 1900 g/mol. The number of piperidine rings is 3. The fraction of sp³-hybridized carbons (Fsp3) is 0.414. The van der Waals surface area contributed by atoms with Crippen molar-refractivity contribution >= 4 is 74.6 Å². The number of alkyl halides is 4. The van der Waals surface area contributed by atoms with Crippen LogP contribution < -0.4 is 78.1 Å². The Kier molecular flexibility index (Phi) is 35.5. The van der Waals surface area contributed by atoms with Crippen LogP contribution in [-0.2, 0) is 24.1 Å². The molecule has 3 aromatic carbocycles. The molecule has 16 rings (SSSR count). The average Bonchev–Trinajstić information content (AvgIpc) is 1.16. The van der Waals surface area contributed by atoms with Gasteiger partial charge in [0.05, 0.1) is 92.2 Å². The summed E-state index contributed by atoms with van der Waals surface area (Å²) in [6.45, 7) is 24.5. The Morgan fingerprint density at radius 1 is 0.529 bits per heavy atom. The third kappa shape index (κ3) is 22.8. The van der Waals surface area contributed by atoms with Crippen LogP contribution in [0.15, 0.2) is 124 Å². The summed E-state index contributed by atoms with van der Waals surface area (Å²) < 4.78 is 151. The van der Waals surface area contributed by atoms with Crippen LogP contribution in [0.1, 0.15) is 253 Å². The Labute approximate surface area is 806 Å². The van der Waals surface area contributed by atoms with Crippen molar-refractivity contribution in [2.24, 2.45) is 11.5 Å². The molecule has 3 saturated heterocycles. The number of aryl methyl sites for hydroxylation is 3. The molecule has 13 heterocycles. The Morgan fingerprint density at radius 2 is 0.875 bits per heavy atom. The molecule has 3 amide bonds. The Morgan fingerprint density at radius 3 is 1.23 bits per heavy atom. The minimum absolute atomic E-state index is 0. The van der Waals surface area contributed by atoms with Gasteiger partial charge in [-0.1, -0.05) is 86.9 Å². The topological polar surface area (TPSA) is 344 Å². The van der Waals surface area contributed by atoms with Gasteiger partial charge < -0.3 is 38.0 Å². The summed E-state index contributed by atoms with van der Waals surface area (Å²) in [7, 11) is -1.00. The van der Waals surface area contributed by atoms with Gasteiger partial charge in [-0.3, -0.25) is 38.5 Å². The van der Waals surface area contributed by atoms with Crippen molar-refractivity contribution in [3.63, 3.8) is 0 Å². The number of benzene rings is 3. The van der Waals surface area contributed by atoms with Crippen molar-refractivity contribution < 1.29 is 102 Å². The van der Waals surface area contributed by atoms with Crippen LogP contribution in [-0.4, -0.2) is 152 Å². The Hall–Kier alpha value is -12.3. The van der Waals surface area contributed by atoms with Crippen LogP contribution in [0, 0.1) is 34.9 Å².